The van der Waals surface area contributed by atoms with Crippen LogP contribution in [0, 0.1) is 6.92 Å². The molecule has 0 aliphatic rings. The van der Waals surface area contributed by atoms with Crippen molar-refractivity contribution >= 4 is 28.5 Å². The van der Waals surface area contributed by atoms with Crippen molar-refractivity contribution in [3.05, 3.63) is 34.3 Å². The van der Waals surface area contributed by atoms with E-state index in [0.717, 1.165) is 17.3 Å². The maximum Gasteiger partial charge on any atom is 0.185 e. The van der Waals surface area contributed by atoms with Gasteiger partial charge in [-0.05, 0) is 12.5 Å². The minimum Gasteiger partial charge on any atom is -0.389 e. The normalized spacial score (nSPS) is 14.4. The molecule has 0 aliphatic heterocycles. The molecule has 3 nitrogen and oxygen atoms in total. The van der Waals surface area contributed by atoms with E-state index in [1.165, 1.54) is 6.92 Å². The molecule has 2 N–H and O–H groups in total. The van der Waals surface area contributed by atoms with Gasteiger partial charge >= 0.3 is 0 Å². The van der Waals surface area contributed by atoms with E-state index in [0.29, 0.717) is 10.6 Å². The summed E-state index contributed by atoms with van der Waals surface area (Å²) >= 11 is 7.03. The Bertz CT molecular complexity index is 409. The molecule has 0 saturated carbocycles. The monoisotopic (exact) mass is 274 g/mol. The van der Waals surface area contributed by atoms with Gasteiger partial charge in [-0.25, -0.2) is 0 Å². The van der Waals surface area contributed by atoms with E-state index in [2.05, 4.69) is 0 Å². The van der Waals surface area contributed by atoms with Crippen molar-refractivity contribution in [3.8, 4) is 0 Å². The van der Waals surface area contributed by atoms with Crippen LogP contribution in [-0.2, 0) is 4.79 Å². The summed E-state index contributed by atoms with van der Waals surface area (Å²) in [5.41, 5.74) is 1.33. The van der Waals surface area contributed by atoms with Gasteiger partial charge in [0.1, 0.15) is 6.10 Å². The largest absolute Gasteiger partial charge is 0.389 e. The summed E-state index contributed by atoms with van der Waals surface area (Å²) in [7, 11) is 0. The van der Waals surface area contributed by atoms with Crippen LogP contribution in [0.2, 0.25) is 5.02 Å². The van der Waals surface area contributed by atoms with E-state index in [1.807, 2.05) is 13.0 Å². The zero-order valence-electron chi connectivity index (χ0n) is 9.68. The molecule has 17 heavy (non-hydrogen) atoms. The highest BCUT2D eigenvalue weighted by Gasteiger charge is 2.21. The van der Waals surface area contributed by atoms with Crippen LogP contribution in [0.4, 0.5) is 0 Å². The number of carbonyl (C=O) groups excluding carboxylic acids is 1. The van der Waals surface area contributed by atoms with Crippen molar-refractivity contribution < 1.29 is 15.0 Å². The van der Waals surface area contributed by atoms with Crippen LogP contribution in [0.15, 0.2) is 18.2 Å². The third kappa shape index (κ3) is 4.00. The maximum absolute atomic E-state index is 10.8. The van der Waals surface area contributed by atoms with E-state index >= 15 is 0 Å². The fraction of sp³-hybridized carbons (Fsp3) is 0.417. The fourth-order valence-corrected chi connectivity index (χ4v) is 2.23. The zero-order valence-corrected chi connectivity index (χ0v) is 11.3. The molecule has 0 heterocycles. The number of aryl methyl sites for hydroxylation is 1. The highest BCUT2D eigenvalue weighted by atomic mass is 35.5. The summed E-state index contributed by atoms with van der Waals surface area (Å²) in [6, 6.07) is 5.27. The Kier molecular flexibility index (Phi) is 5.46. The van der Waals surface area contributed by atoms with Crippen molar-refractivity contribution in [1.82, 2.24) is 0 Å². The summed E-state index contributed by atoms with van der Waals surface area (Å²) < 4.78 is 0. The predicted molar refractivity (Wildman–Crippen MR) is 70.3 cm³/mol. The summed E-state index contributed by atoms with van der Waals surface area (Å²) in [4.78, 5) is 10.8. The molecular formula is C12H15ClO3S. The Balaban J connectivity index is 2.77. The zero-order chi connectivity index (χ0) is 13.0. The lowest BCUT2D eigenvalue weighted by molar-refractivity contribution is -0.109. The van der Waals surface area contributed by atoms with Gasteiger partial charge in [-0.1, -0.05) is 41.6 Å². The molecule has 2 unspecified atom stereocenters. The van der Waals surface area contributed by atoms with Crippen molar-refractivity contribution in [2.24, 2.45) is 0 Å². The van der Waals surface area contributed by atoms with Gasteiger partial charge in [0.05, 0.1) is 6.10 Å². The van der Waals surface area contributed by atoms with Crippen LogP contribution in [-0.4, -0.2) is 27.2 Å². The summed E-state index contributed by atoms with van der Waals surface area (Å²) in [6.45, 7) is 3.25. The van der Waals surface area contributed by atoms with Crippen LogP contribution in [0.25, 0.3) is 0 Å². The Labute approximate surface area is 110 Å². The SMILES string of the molecule is CC(=O)SCC(O)C(O)c1cccc(C)c1Cl. The molecule has 1 aromatic rings. The molecule has 0 bridgehead atoms. The van der Waals surface area contributed by atoms with Crippen molar-refractivity contribution in [1.29, 1.82) is 0 Å². The number of halogens is 1. The molecule has 1 aromatic carbocycles. The average molecular weight is 275 g/mol. The summed E-state index contributed by atoms with van der Waals surface area (Å²) in [5, 5.41) is 20.1. The Morgan fingerprint density at radius 2 is 2.12 bits per heavy atom. The Hall–Kier alpha value is -0.550. The van der Waals surface area contributed by atoms with Crippen LogP contribution >= 0.6 is 23.4 Å². The highest BCUT2D eigenvalue weighted by molar-refractivity contribution is 8.13. The minimum absolute atomic E-state index is 0.0911. The van der Waals surface area contributed by atoms with Crippen LogP contribution in [0.3, 0.4) is 0 Å². The minimum atomic E-state index is -1.07. The standard InChI is InChI=1S/C12H15ClO3S/c1-7-4-3-5-9(11(7)13)12(16)10(15)6-17-8(2)14/h3-5,10,12,15-16H,6H2,1-2H3. The van der Waals surface area contributed by atoms with Crippen molar-refractivity contribution in [3.63, 3.8) is 0 Å². The number of aliphatic hydroxyl groups excluding tert-OH is 2. The number of hydrogen-bond acceptors (Lipinski definition) is 4. The molecule has 0 radical (unpaired) electrons. The second-order valence-electron chi connectivity index (χ2n) is 3.79. The third-order valence-corrected chi connectivity index (χ3v) is 3.79. The molecule has 0 amide bonds. The molecule has 94 valence electrons. The van der Waals surface area contributed by atoms with Gasteiger partial charge in [0, 0.05) is 23.3 Å². The first-order valence-electron chi connectivity index (χ1n) is 5.18. The van der Waals surface area contributed by atoms with E-state index in [-0.39, 0.29) is 10.9 Å². The lowest BCUT2D eigenvalue weighted by Crippen LogP contribution is -2.21. The average Bonchev–Trinajstić information content (AvgIpc) is 2.28. The molecule has 0 spiro atoms. The van der Waals surface area contributed by atoms with Gasteiger partial charge in [-0.3, -0.25) is 4.79 Å². The molecule has 2 atom stereocenters. The van der Waals surface area contributed by atoms with E-state index < -0.39 is 12.2 Å². The van der Waals surface area contributed by atoms with Gasteiger partial charge in [-0.15, -0.1) is 0 Å². The number of thioether (sulfide) groups is 1. The molecule has 0 fully saturated rings. The van der Waals surface area contributed by atoms with Crippen LogP contribution in [0.1, 0.15) is 24.2 Å². The summed E-state index contributed by atoms with van der Waals surface area (Å²) in [6.07, 6.45) is -2.09. The topological polar surface area (TPSA) is 57.5 Å². The molecule has 1 rings (SSSR count). The lowest BCUT2D eigenvalue weighted by atomic mass is 10.0. The summed E-state index contributed by atoms with van der Waals surface area (Å²) in [5.74, 6) is 0.154. The van der Waals surface area contributed by atoms with E-state index in [4.69, 9.17) is 11.6 Å². The van der Waals surface area contributed by atoms with Crippen LogP contribution in [0.5, 0.6) is 0 Å². The van der Waals surface area contributed by atoms with Gasteiger partial charge < -0.3 is 10.2 Å². The third-order valence-electron chi connectivity index (χ3n) is 2.36. The van der Waals surface area contributed by atoms with Gasteiger partial charge in [-0.2, -0.15) is 0 Å². The van der Waals surface area contributed by atoms with Crippen molar-refractivity contribution in [2.75, 3.05) is 5.75 Å². The van der Waals surface area contributed by atoms with Gasteiger partial charge in [0.2, 0.25) is 0 Å². The lowest BCUT2D eigenvalue weighted by Gasteiger charge is -2.19. The van der Waals surface area contributed by atoms with E-state index in [1.54, 1.807) is 12.1 Å². The van der Waals surface area contributed by atoms with Crippen LogP contribution < -0.4 is 0 Å². The number of rotatable bonds is 4. The molecule has 0 aliphatic carbocycles. The highest BCUT2D eigenvalue weighted by Crippen LogP contribution is 2.29. The Morgan fingerprint density at radius 1 is 1.47 bits per heavy atom. The number of benzene rings is 1. The first-order chi connectivity index (χ1) is 7.93. The number of carbonyl (C=O) groups is 1. The fourth-order valence-electron chi connectivity index (χ4n) is 1.40. The second-order valence-corrected chi connectivity index (χ2v) is 5.37. The first-order valence-corrected chi connectivity index (χ1v) is 6.54. The molecular weight excluding hydrogens is 260 g/mol. The predicted octanol–water partition coefficient (Wildman–Crippen LogP) is 2.32. The smallest absolute Gasteiger partial charge is 0.185 e. The molecule has 0 aromatic heterocycles. The van der Waals surface area contributed by atoms with Gasteiger partial charge in [0.25, 0.3) is 0 Å². The molecule has 0 saturated heterocycles. The maximum atomic E-state index is 10.8. The quantitative estimate of drug-likeness (QED) is 0.885. The van der Waals surface area contributed by atoms with Gasteiger partial charge in [0.15, 0.2) is 5.12 Å². The Morgan fingerprint density at radius 3 is 2.71 bits per heavy atom. The van der Waals surface area contributed by atoms with E-state index in [9.17, 15) is 15.0 Å². The number of hydrogen-bond donors (Lipinski definition) is 2. The van der Waals surface area contributed by atoms with Crippen molar-refractivity contribution in [2.45, 2.75) is 26.1 Å². The number of aliphatic hydroxyl groups is 2. The second kappa shape index (κ2) is 6.40. The molecule has 5 heteroatoms. The first kappa shape index (κ1) is 14.5.